The fraction of sp³-hybridized carbons (Fsp3) is 0.125. The van der Waals surface area contributed by atoms with Gasteiger partial charge < -0.3 is 10.4 Å². The molecule has 0 aliphatic rings. The number of carboxylic acids is 1. The van der Waals surface area contributed by atoms with Crippen molar-refractivity contribution in [3.63, 3.8) is 0 Å². The van der Waals surface area contributed by atoms with Crippen LogP contribution in [0.2, 0.25) is 0 Å². The summed E-state index contributed by atoms with van der Waals surface area (Å²) in [6, 6.07) is 0. The topological polar surface area (TPSA) is 49.3 Å². The number of hydrogen-bond donors (Lipinski definition) is 2. The van der Waals surface area contributed by atoms with Crippen molar-refractivity contribution in [2.75, 3.05) is 12.4 Å². The number of hydrogen-bond acceptors (Lipinski definition) is 2. The Kier molecular flexibility index (Phi) is 2.83. The summed E-state index contributed by atoms with van der Waals surface area (Å²) in [6.07, 6.45) is 0. The summed E-state index contributed by atoms with van der Waals surface area (Å²) in [5.41, 5.74) is -2.20. The molecule has 0 aliphatic heterocycles. The maximum Gasteiger partial charge on any atom is 0.341 e. The molecule has 0 fully saturated rings. The number of carbonyl (C=O) groups is 1. The van der Waals surface area contributed by atoms with Crippen LogP contribution in [0, 0.1) is 23.3 Å². The quantitative estimate of drug-likeness (QED) is 0.458. The Morgan fingerprint density at radius 1 is 1.07 bits per heavy atom. The first-order valence-electron chi connectivity index (χ1n) is 3.68. The van der Waals surface area contributed by atoms with Gasteiger partial charge in [0.25, 0.3) is 0 Å². The van der Waals surface area contributed by atoms with Crippen molar-refractivity contribution in [3.8, 4) is 0 Å². The minimum Gasteiger partial charge on any atom is -0.478 e. The second kappa shape index (κ2) is 3.76. The predicted molar refractivity (Wildman–Crippen MR) is 42.8 cm³/mol. The van der Waals surface area contributed by atoms with Gasteiger partial charge in [0.15, 0.2) is 23.3 Å². The lowest BCUT2D eigenvalue weighted by atomic mass is 10.1. The van der Waals surface area contributed by atoms with Crippen molar-refractivity contribution in [1.29, 1.82) is 0 Å². The van der Waals surface area contributed by atoms with Gasteiger partial charge in [-0.15, -0.1) is 0 Å². The molecule has 0 radical (unpaired) electrons. The first-order valence-corrected chi connectivity index (χ1v) is 3.68. The molecule has 0 atom stereocenters. The van der Waals surface area contributed by atoms with E-state index in [4.69, 9.17) is 5.11 Å². The van der Waals surface area contributed by atoms with Crippen LogP contribution < -0.4 is 5.32 Å². The molecule has 15 heavy (non-hydrogen) atoms. The van der Waals surface area contributed by atoms with Gasteiger partial charge >= 0.3 is 5.97 Å². The van der Waals surface area contributed by atoms with Crippen molar-refractivity contribution in [3.05, 3.63) is 28.8 Å². The van der Waals surface area contributed by atoms with E-state index in [1.807, 2.05) is 5.32 Å². The molecule has 0 amide bonds. The number of nitrogens with one attached hydrogen (secondary N) is 1. The number of rotatable bonds is 2. The molecule has 0 saturated carbocycles. The van der Waals surface area contributed by atoms with Crippen LogP contribution in [0.15, 0.2) is 0 Å². The van der Waals surface area contributed by atoms with Crippen molar-refractivity contribution in [2.45, 2.75) is 0 Å². The number of halogens is 4. The molecule has 0 aromatic heterocycles. The number of benzene rings is 1. The molecule has 1 aromatic rings. The highest BCUT2D eigenvalue weighted by Crippen LogP contribution is 2.27. The average molecular weight is 223 g/mol. The molecule has 7 heteroatoms. The first kappa shape index (κ1) is 11.3. The minimum absolute atomic E-state index is 0.932. The fourth-order valence-corrected chi connectivity index (χ4v) is 1.07. The third-order valence-corrected chi connectivity index (χ3v) is 1.73. The summed E-state index contributed by atoms with van der Waals surface area (Å²) >= 11 is 0. The zero-order chi connectivity index (χ0) is 11.7. The van der Waals surface area contributed by atoms with E-state index in [0.29, 0.717) is 0 Å². The van der Waals surface area contributed by atoms with Gasteiger partial charge in [-0.25, -0.2) is 22.4 Å². The molecule has 0 bridgehead atoms. The van der Waals surface area contributed by atoms with E-state index in [1.54, 1.807) is 0 Å². The molecular formula is C8H5F4NO2. The number of carboxylic acid groups (broad SMARTS) is 1. The van der Waals surface area contributed by atoms with Crippen LogP contribution in [0.3, 0.4) is 0 Å². The molecule has 0 heterocycles. The van der Waals surface area contributed by atoms with E-state index in [9.17, 15) is 22.4 Å². The van der Waals surface area contributed by atoms with Crippen LogP contribution in [0.25, 0.3) is 0 Å². The van der Waals surface area contributed by atoms with Crippen molar-refractivity contribution >= 4 is 11.7 Å². The first-order chi connectivity index (χ1) is 6.91. The summed E-state index contributed by atoms with van der Waals surface area (Å²) in [5.74, 6) is -9.81. The van der Waals surface area contributed by atoms with E-state index in [-0.39, 0.29) is 0 Å². The van der Waals surface area contributed by atoms with E-state index >= 15 is 0 Å². The van der Waals surface area contributed by atoms with Crippen molar-refractivity contribution < 1.29 is 27.5 Å². The molecule has 1 aromatic carbocycles. The molecule has 0 unspecified atom stereocenters. The van der Waals surface area contributed by atoms with Gasteiger partial charge in [0.05, 0.1) is 5.69 Å². The van der Waals surface area contributed by atoms with Gasteiger partial charge in [-0.3, -0.25) is 0 Å². The van der Waals surface area contributed by atoms with Gasteiger partial charge in [0.1, 0.15) is 5.56 Å². The molecular weight excluding hydrogens is 218 g/mol. The normalized spacial score (nSPS) is 10.2. The van der Waals surface area contributed by atoms with Crippen molar-refractivity contribution in [2.24, 2.45) is 0 Å². The lowest BCUT2D eigenvalue weighted by Crippen LogP contribution is -2.12. The molecule has 0 aliphatic carbocycles. The largest absolute Gasteiger partial charge is 0.478 e. The summed E-state index contributed by atoms with van der Waals surface area (Å²) in [7, 11) is 1.06. The Balaban J connectivity index is 3.70. The highest BCUT2D eigenvalue weighted by atomic mass is 19.2. The SMILES string of the molecule is CNc1c(F)c(F)c(F)c(F)c1C(=O)O. The van der Waals surface area contributed by atoms with Gasteiger partial charge in [-0.2, -0.15) is 0 Å². The van der Waals surface area contributed by atoms with E-state index in [0.717, 1.165) is 7.05 Å². The van der Waals surface area contributed by atoms with Crippen molar-refractivity contribution in [1.82, 2.24) is 0 Å². The zero-order valence-corrected chi connectivity index (χ0v) is 7.37. The van der Waals surface area contributed by atoms with Crippen LogP contribution in [-0.2, 0) is 0 Å². The number of anilines is 1. The Hall–Kier alpha value is -1.79. The lowest BCUT2D eigenvalue weighted by Gasteiger charge is -2.09. The Morgan fingerprint density at radius 2 is 1.53 bits per heavy atom. The Labute approximate surface area is 81.3 Å². The summed E-state index contributed by atoms with van der Waals surface area (Å²) in [5, 5.41) is 10.4. The van der Waals surface area contributed by atoms with Gasteiger partial charge in [-0.05, 0) is 0 Å². The Morgan fingerprint density at radius 3 is 1.93 bits per heavy atom. The smallest absolute Gasteiger partial charge is 0.341 e. The van der Waals surface area contributed by atoms with Crippen LogP contribution in [-0.4, -0.2) is 18.1 Å². The molecule has 2 N–H and O–H groups in total. The van der Waals surface area contributed by atoms with E-state index in [2.05, 4.69) is 0 Å². The van der Waals surface area contributed by atoms with Crippen LogP contribution in [0.5, 0.6) is 0 Å². The average Bonchev–Trinajstić information content (AvgIpc) is 2.19. The second-order valence-corrected chi connectivity index (χ2v) is 2.56. The van der Waals surface area contributed by atoms with Gasteiger partial charge in [0.2, 0.25) is 0 Å². The molecule has 0 saturated heterocycles. The molecule has 82 valence electrons. The third kappa shape index (κ3) is 1.60. The Bertz CT molecular complexity index is 433. The monoisotopic (exact) mass is 223 g/mol. The fourth-order valence-electron chi connectivity index (χ4n) is 1.07. The highest BCUT2D eigenvalue weighted by Gasteiger charge is 2.28. The van der Waals surface area contributed by atoms with Crippen LogP contribution >= 0.6 is 0 Å². The lowest BCUT2D eigenvalue weighted by molar-refractivity contribution is 0.0691. The third-order valence-electron chi connectivity index (χ3n) is 1.73. The zero-order valence-electron chi connectivity index (χ0n) is 7.37. The van der Waals surface area contributed by atoms with Gasteiger partial charge in [-0.1, -0.05) is 0 Å². The maximum atomic E-state index is 13.0. The molecule has 1 rings (SSSR count). The van der Waals surface area contributed by atoms with Crippen LogP contribution in [0.4, 0.5) is 23.2 Å². The standard InChI is InChI=1S/C8H5F4NO2/c1-13-7-2(8(14)15)3(9)4(10)5(11)6(7)12/h13H,1H3,(H,14,15). The minimum atomic E-state index is -2.15. The maximum absolute atomic E-state index is 13.0. The van der Waals surface area contributed by atoms with Crippen LogP contribution in [0.1, 0.15) is 10.4 Å². The molecule has 0 spiro atoms. The highest BCUT2D eigenvalue weighted by molar-refractivity contribution is 5.94. The second-order valence-electron chi connectivity index (χ2n) is 2.56. The van der Waals surface area contributed by atoms with Gasteiger partial charge in [0, 0.05) is 7.05 Å². The summed E-state index contributed by atoms with van der Waals surface area (Å²) < 4.78 is 51.2. The summed E-state index contributed by atoms with van der Waals surface area (Å²) in [6.45, 7) is 0. The molecule has 3 nitrogen and oxygen atoms in total. The number of aromatic carboxylic acids is 1. The van der Waals surface area contributed by atoms with E-state index in [1.165, 1.54) is 0 Å². The van der Waals surface area contributed by atoms with E-state index < -0.39 is 40.5 Å². The summed E-state index contributed by atoms with van der Waals surface area (Å²) in [4.78, 5) is 10.5. The predicted octanol–water partition coefficient (Wildman–Crippen LogP) is 1.98.